The van der Waals surface area contributed by atoms with E-state index < -0.39 is 0 Å². The lowest BCUT2D eigenvalue weighted by Crippen LogP contribution is -2.35. The number of rotatable bonds is 4. The molecule has 4 rings (SSSR count). The fourth-order valence-electron chi connectivity index (χ4n) is 3.12. The van der Waals surface area contributed by atoms with Crippen LogP contribution in [-0.4, -0.2) is 43.5 Å². The number of hydrogen-bond acceptors (Lipinski definition) is 5. The van der Waals surface area contributed by atoms with Gasteiger partial charge in [-0.05, 0) is 24.3 Å². The Labute approximate surface area is 151 Å². The van der Waals surface area contributed by atoms with Crippen LogP contribution in [0.15, 0.2) is 61.4 Å². The van der Waals surface area contributed by atoms with Crippen molar-refractivity contribution >= 4 is 5.91 Å². The summed E-state index contributed by atoms with van der Waals surface area (Å²) in [5.41, 5.74) is 0.583. The Hall–Kier alpha value is -3.22. The first kappa shape index (κ1) is 16.3. The summed E-state index contributed by atoms with van der Waals surface area (Å²) in [7, 11) is 0. The van der Waals surface area contributed by atoms with Crippen LogP contribution in [0, 0.1) is 5.92 Å². The summed E-state index contributed by atoms with van der Waals surface area (Å²) in [6.45, 7) is 2.33. The van der Waals surface area contributed by atoms with Crippen molar-refractivity contribution in [1.82, 2.24) is 24.4 Å². The van der Waals surface area contributed by atoms with E-state index in [9.17, 15) is 4.79 Å². The van der Waals surface area contributed by atoms with Gasteiger partial charge in [0.05, 0.1) is 24.9 Å². The highest BCUT2D eigenvalue weighted by Crippen LogP contribution is 2.19. The Morgan fingerprint density at radius 2 is 1.96 bits per heavy atom. The molecule has 1 aliphatic rings. The molecule has 0 aromatic carbocycles. The third kappa shape index (κ3) is 3.56. The van der Waals surface area contributed by atoms with Crippen LogP contribution in [0.5, 0.6) is 5.75 Å². The van der Waals surface area contributed by atoms with E-state index >= 15 is 0 Å². The fraction of sp³-hybridized carbons (Fsp3) is 0.263. The number of pyridine rings is 2. The molecule has 1 aliphatic heterocycles. The van der Waals surface area contributed by atoms with E-state index in [1.165, 1.54) is 0 Å². The summed E-state index contributed by atoms with van der Waals surface area (Å²) in [4.78, 5) is 27.2. The fourth-order valence-corrected chi connectivity index (χ4v) is 3.12. The summed E-state index contributed by atoms with van der Waals surface area (Å²) >= 11 is 0. The Bertz CT molecular complexity index is 866. The molecule has 132 valence electrons. The molecule has 0 spiro atoms. The first-order valence-corrected chi connectivity index (χ1v) is 8.52. The van der Waals surface area contributed by atoms with Gasteiger partial charge in [-0.3, -0.25) is 14.8 Å². The number of hydrogen-bond donors (Lipinski definition) is 0. The zero-order valence-corrected chi connectivity index (χ0v) is 14.2. The highest BCUT2D eigenvalue weighted by Gasteiger charge is 2.27. The van der Waals surface area contributed by atoms with Crippen molar-refractivity contribution < 1.29 is 9.53 Å². The molecule has 7 nitrogen and oxygen atoms in total. The van der Waals surface area contributed by atoms with Crippen molar-refractivity contribution in [1.29, 1.82) is 0 Å². The molecule has 0 saturated heterocycles. The number of carbonyl (C=O) groups excluding carboxylic acids is 1. The number of amides is 1. The maximum Gasteiger partial charge on any atom is 0.255 e. The molecular formula is C19H19N5O2. The van der Waals surface area contributed by atoms with E-state index in [2.05, 4.69) is 19.5 Å². The average Bonchev–Trinajstić information content (AvgIpc) is 3.05. The van der Waals surface area contributed by atoms with Gasteiger partial charge in [0.25, 0.3) is 5.91 Å². The molecule has 0 N–H and O–H groups in total. The van der Waals surface area contributed by atoms with Crippen LogP contribution in [0.4, 0.5) is 0 Å². The van der Waals surface area contributed by atoms with Gasteiger partial charge in [0.2, 0.25) is 0 Å². The monoisotopic (exact) mass is 349 g/mol. The second-order valence-electron chi connectivity index (χ2n) is 6.29. The first-order chi connectivity index (χ1) is 12.8. The van der Waals surface area contributed by atoms with Gasteiger partial charge in [-0.1, -0.05) is 0 Å². The van der Waals surface area contributed by atoms with Crippen molar-refractivity contribution in [3.8, 4) is 5.75 Å². The topological polar surface area (TPSA) is 73.1 Å². The van der Waals surface area contributed by atoms with Gasteiger partial charge in [0.15, 0.2) is 0 Å². The molecule has 1 atom stereocenters. The highest BCUT2D eigenvalue weighted by molar-refractivity contribution is 5.93. The molecule has 0 unspecified atom stereocenters. The van der Waals surface area contributed by atoms with Crippen molar-refractivity contribution in [3.63, 3.8) is 0 Å². The van der Waals surface area contributed by atoms with Gasteiger partial charge in [0.1, 0.15) is 11.6 Å². The third-order valence-electron chi connectivity index (χ3n) is 4.38. The lowest BCUT2D eigenvalue weighted by atomic mass is 10.1. The van der Waals surface area contributed by atoms with Crippen LogP contribution in [0.1, 0.15) is 16.2 Å². The number of carbonyl (C=O) groups is 1. The second-order valence-corrected chi connectivity index (χ2v) is 6.29. The maximum atomic E-state index is 12.9. The molecule has 0 saturated carbocycles. The van der Waals surface area contributed by atoms with Gasteiger partial charge in [-0.15, -0.1) is 0 Å². The van der Waals surface area contributed by atoms with Crippen LogP contribution in [0.25, 0.3) is 0 Å². The van der Waals surface area contributed by atoms with Gasteiger partial charge < -0.3 is 14.2 Å². The predicted octanol–water partition coefficient (Wildman–Crippen LogP) is 2.02. The van der Waals surface area contributed by atoms with E-state index in [0.717, 1.165) is 18.1 Å². The Balaban J connectivity index is 1.53. The first-order valence-electron chi connectivity index (χ1n) is 8.52. The summed E-state index contributed by atoms with van der Waals surface area (Å²) in [5, 5.41) is 0. The lowest BCUT2D eigenvalue weighted by molar-refractivity contribution is 0.0699. The summed E-state index contributed by atoms with van der Waals surface area (Å²) in [5.74, 6) is 1.71. The quantitative estimate of drug-likeness (QED) is 0.720. The molecule has 0 bridgehead atoms. The Morgan fingerprint density at radius 3 is 2.73 bits per heavy atom. The third-order valence-corrected chi connectivity index (χ3v) is 4.38. The number of imidazole rings is 1. The highest BCUT2D eigenvalue weighted by atomic mass is 16.5. The SMILES string of the molecule is O=C(c1cccnc1)N1Cc2nccn2C[C@H](COc2cccnc2)C1. The van der Waals surface area contributed by atoms with Crippen molar-refractivity contribution in [2.45, 2.75) is 13.1 Å². The van der Waals surface area contributed by atoms with Crippen LogP contribution < -0.4 is 4.74 Å². The van der Waals surface area contributed by atoms with E-state index in [1.54, 1.807) is 43.1 Å². The molecule has 0 radical (unpaired) electrons. The molecule has 4 heterocycles. The molecular weight excluding hydrogens is 330 g/mol. The number of ether oxygens (including phenoxy) is 1. The standard InChI is InChI=1S/C19H19N5O2/c25-19(16-3-1-5-20-9-16)24-12-15(11-23-8-7-22-18(23)13-24)14-26-17-4-2-6-21-10-17/h1-10,15H,11-14H2/t15-/m0/s1. The minimum Gasteiger partial charge on any atom is -0.492 e. The molecule has 0 aliphatic carbocycles. The molecule has 1 amide bonds. The molecule has 3 aromatic heterocycles. The van der Waals surface area contributed by atoms with Crippen LogP contribution in [0.3, 0.4) is 0 Å². The van der Waals surface area contributed by atoms with Gasteiger partial charge in [-0.2, -0.15) is 0 Å². The zero-order valence-electron chi connectivity index (χ0n) is 14.2. The van der Waals surface area contributed by atoms with Crippen molar-refractivity contribution in [2.75, 3.05) is 13.2 Å². The maximum absolute atomic E-state index is 12.9. The predicted molar refractivity (Wildman–Crippen MR) is 94.4 cm³/mol. The van der Waals surface area contributed by atoms with E-state index in [4.69, 9.17) is 4.74 Å². The second kappa shape index (κ2) is 7.35. The molecule has 3 aromatic rings. The van der Waals surface area contributed by atoms with Gasteiger partial charge in [-0.25, -0.2) is 4.98 Å². The minimum absolute atomic E-state index is 0.0408. The average molecular weight is 349 g/mol. The molecule has 7 heteroatoms. The smallest absolute Gasteiger partial charge is 0.255 e. The number of fused-ring (bicyclic) bond motifs is 1. The largest absolute Gasteiger partial charge is 0.492 e. The Morgan fingerprint density at radius 1 is 1.12 bits per heavy atom. The van der Waals surface area contributed by atoms with Crippen molar-refractivity contribution in [3.05, 3.63) is 72.8 Å². The van der Waals surface area contributed by atoms with Crippen LogP contribution >= 0.6 is 0 Å². The summed E-state index contributed by atoms with van der Waals surface area (Å²) in [6.07, 6.45) is 10.4. The van der Waals surface area contributed by atoms with E-state index in [0.29, 0.717) is 25.3 Å². The van der Waals surface area contributed by atoms with Crippen LogP contribution in [0.2, 0.25) is 0 Å². The summed E-state index contributed by atoms with van der Waals surface area (Å²) < 4.78 is 7.97. The van der Waals surface area contributed by atoms with E-state index in [1.807, 2.05) is 23.2 Å². The normalized spacial score (nSPS) is 16.6. The zero-order chi connectivity index (χ0) is 17.8. The van der Waals surface area contributed by atoms with Gasteiger partial charge >= 0.3 is 0 Å². The van der Waals surface area contributed by atoms with Crippen LogP contribution in [-0.2, 0) is 13.1 Å². The van der Waals surface area contributed by atoms with Gasteiger partial charge in [0, 0.05) is 50.0 Å². The minimum atomic E-state index is -0.0408. The number of nitrogens with zero attached hydrogens (tertiary/aromatic N) is 5. The molecule has 0 fully saturated rings. The Kier molecular flexibility index (Phi) is 4.59. The molecule has 26 heavy (non-hydrogen) atoms. The van der Waals surface area contributed by atoms with Crippen molar-refractivity contribution in [2.24, 2.45) is 5.92 Å². The summed E-state index contributed by atoms with van der Waals surface area (Å²) in [6, 6.07) is 7.28. The lowest BCUT2D eigenvalue weighted by Gasteiger charge is -2.24. The van der Waals surface area contributed by atoms with E-state index in [-0.39, 0.29) is 11.8 Å². The number of aromatic nitrogens is 4.